The summed E-state index contributed by atoms with van der Waals surface area (Å²) in [6.45, 7) is 2.14. The number of hydrogen-bond acceptors (Lipinski definition) is 5. The number of ether oxygens (including phenoxy) is 3. The Labute approximate surface area is 128 Å². The van der Waals surface area contributed by atoms with Gasteiger partial charge in [-0.1, -0.05) is 11.6 Å². The summed E-state index contributed by atoms with van der Waals surface area (Å²) in [6, 6.07) is 2.68. The van der Waals surface area contributed by atoms with Crippen LogP contribution < -0.4 is 15.8 Å². The van der Waals surface area contributed by atoms with Gasteiger partial charge in [0, 0.05) is 37.6 Å². The van der Waals surface area contributed by atoms with Gasteiger partial charge in [0.05, 0.1) is 11.6 Å². The largest absolute Gasteiger partial charge is 0.490 e. The molecule has 0 saturated heterocycles. The molecule has 0 radical (unpaired) electrons. The van der Waals surface area contributed by atoms with Crippen molar-refractivity contribution in [2.24, 2.45) is 5.73 Å². The first-order valence-electron chi connectivity index (χ1n) is 6.73. The number of fused-ring (bicyclic) bond motifs is 1. The van der Waals surface area contributed by atoms with Crippen LogP contribution >= 0.6 is 11.6 Å². The Kier molecular flexibility index (Phi) is 5.81. The van der Waals surface area contributed by atoms with Gasteiger partial charge in [-0.2, -0.15) is 0 Å². The molecule has 2 rings (SSSR count). The second-order valence-corrected chi connectivity index (χ2v) is 5.05. The van der Waals surface area contributed by atoms with Crippen LogP contribution in [0.3, 0.4) is 0 Å². The van der Waals surface area contributed by atoms with Gasteiger partial charge in [0.1, 0.15) is 18.4 Å². The number of benzene rings is 1. The van der Waals surface area contributed by atoms with Crippen molar-refractivity contribution in [2.45, 2.75) is 12.5 Å². The number of anilines is 1. The molecule has 3 N–H and O–H groups in total. The summed E-state index contributed by atoms with van der Waals surface area (Å²) < 4.78 is 15.9. The number of carbonyl (C=O) groups excluding carboxylic acids is 1. The molecule has 1 aromatic carbocycles. The molecule has 6 nitrogen and oxygen atoms in total. The molecule has 0 aliphatic carbocycles. The van der Waals surface area contributed by atoms with E-state index in [9.17, 15) is 4.79 Å². The lowest BCUT2D eigenvalue weighted by atomic mass is 10.1. The number of nitrogens with two attached hydrogens (primary N) is 1. The summed E-state index contributed by atoms with van der Waals surface area (Å²) in [5, 5.41) is 3.12. The SMILES string of the molecule is COCCCOCCOc1cc2c(cc1Cl)C(N)C(=O)N2. The van der Waals surface area contributed by atoms with Crippen LogP contribution in [0.4, 0.5) is 5.69 Å². The van der Waals surface area contributed by atoms with Gasteiger partial charge < -0.3 is 25.3 Å². The van der Waals surface area contributed by atoms with Crippen molar-refractivity contribution in [3.05, 3.63) is 22.7 Å². The van der Waals surface area contributed by atoms with Gasteiger partial charge in [0.15, 0.2) is 0 Å². The first kappa shape index (κ1) is 16.0. The van der Waals surface area contributed by atoms with Crippen molar-refractivity contribution in [3.8, 4) is 5.75 Å². The number of rotatable bonds is 8. The molecule has 116 valence electrons. The minimum absolute atomic E-state index is 0.236. The third kappa shape index (κ3) is 4.07. The molecule has 0 aromatic heterocycles. The maximum atomic E-state index is 11.5. The molecular weight excluding hydrogens is 296 g/mol. The Morgan fingerprint density at radius 3 is 2.86 bits per heavy atom. The van der Waals surface area contributed by atoms with E-state index in [1.165, 1.54) is 0 Å². The van der Waals surface area contributed by atoms with Crippen LogP contribution in [0.5, 0.6) is 5.75 Å². The monoisotopic (exact) mass is 314 g/mol. The van der Waals surface area contributed by atoms with Crippen LogP contribution in [0.2, 0.25) is 5.02 Å². The topological polar surface area (TPSA) is 82.8 Å². The number of nitrogens with one attached hydrogen (secondary N) is 1. The second-order valence-electron chi connectivity index (χ2n) is 4.64. The standard InChI is InChI=1S/C14H19ClN2O4/c1-19-3-2-4-20-5-6-21-12-8-11-9(7-10(12)15)13(16)14(18)17-11/h7-8,13H,2-6,16H2,1H3,(H,17,18). The fourth-order valence-corrected chi connectivity index (χ4v) is 2.24. The Bertz CT molecular complexity index is 510. The van der Waals surface area contributed by atoms with E-state index in [0.717, 1.165) is 6.42 Å². The van der Waals surface area contributed by atoms with Crippen LogP contribution in [0.15, 0.2) is 12.1 Å². The lowest BCUT2D eigenvalue weighted by Gasteiger charge is -2.11. The van der Waals surface area contributed by atoms with Crippen molar-refractivity contribution >= 4 is 23.2 Å². The molecule has 0 bridgehead atoms. The average molecular weight is 315 g/mol. The van der Waals surface area contributed by atoms with E-state index in [1.54, 1.807) is 19.2 Å². The second kappa shape index (κ2) is 7.61. The van der Waals surface area contributed by atoms with Crippen LogP contribution in [0.1, 0.15) is 18.0 Å². The lowest BCUT2D eigenvalue weighted by molar-refractivity contribution is -0.116. The maximum absolute atomic E-state index is 11.5. The van der Waals surface area contributed by atoms with Gasteiger partial charge in [0.25, 0.3) is 0 Å². The molecule has 0 fully saturated rings. The van der Waals surface area contributed by atoms with Crippen LogP contribution in [-0.4, -0.2) is 39.4 Å². The fraction of sp³-hybridized carbons (Fsp3) is 0.500. The highest BCUT2D eigenvalue weighted by Crippen LogP contribution is 2.37. The van der Waals surface area contributed by atoms with E-state index in [4.69, 9.17) is 31.5 Å². The molecule has 1 aliphatic rings. The van der Waals surface area contributed by atoms with E-state index >= 15 is 0 Å². The third-order valence-electron chi connectivity index (χ3n) is 3.10. The predicted molar refractivity (Wildman–Crippen MR) is 79.8 cm³/mol. The summed E-state index contributed by atoms with van der Waals surface area (Å²) >= 11 is 6.13. The van der Waals surface area contributed by atoms with Crippen molar-refractivity contribution in [3.63, 3.8) is 0 Å². The van der Waals surface area contributed by atoms with Gasteiger partial charge >= 0.3 is 0 Å². The molecule has 1 aliphatic heterocycles. The van der Waals surface area contributed by atoms with Gasteiger partial charge in [-0.05, 0) is 12.5 Å². The van der Waals surface area contributed by atoms with Crippen LogP contribution in [0.25, 0.3) is 0 Å². The normalized spacial score (nSPS) is 16.7. The number of amides is 1. The quantitative estimate of drug-likeness (QED) is 0.714. The minimum atomic E-state index is -0.671. The summed E-state index contributed by atoms with van der Waals surface area (Å²) in [5.41, 5.74) is 7.08. The van der Waals surface area contributed by atoms with Crippen molar-refractivity contribution in [1.82, 2.24) is 0 Å². The highest BCUT2D eigenvalue weighted by atomic mass is 35.5. The maximum Gasteiger partial charge on any atom is 0.245 e. The number of halogens is 1. The van der Waals surface area contributed by atoms with Crippen molar-refractivity contribution in [2.75, 3.05) is 38.9 Å². The number of carbonyl (C=O) groups is 1. The zero-order valence-corrected chi connectivity index (χ0v) is 12.6. The highest BCUT2D eigenvalue weighted by molar-refractivity contribution is 6.32. The molecule has 7 heteroatoms. The van der Waals surface area contributed by atoms with E-state index in [1.807, 2.05) is 0 Å². The Balaban J connectivity index is 1.82. The molecule has 1 unspecified atom stereocenters. The van der Waals surface area contributed by atoms with Crippen LogP contribution in [-0.2, 0) is 14.3 Å². The summed E-state index contributed by atoms with van der Waals surface area (Å²) in [6.07, 6.45) is 0.847. The zero-order valence-electron chi connectivity index (χ0n) is 11.9. The minimum Gasteiger partial charge on any atom is -0.490 e. The van der Waals surface area contributed by atoms with Crippen molar-refractivity contribution < 1.29 is 19.0 Å². The van der Waals surface area contributed by atoms with E-state index in [2.05, 4.69) is 5.32 Å². The number of methoxy groups -OCH3 is 1. The molecule has 21 heavy (non-hydrogen) atoms. The van der Waals surface area contributed by atoms with Crippen LogP contribution in [0, 0.1) is 0 Å². The summed E-state index contributed by atoms with van der Waals surface area (Å²) in [7, 11) is 1.66. The van der Waals surface area contributed by atoms with Crippen molar-refractivity contribution in [1.29, 1.82) is 0 Å². The lowest BCUT2D eigenvalue weighted by Crippen LogP contribution is -2.19. The first-order valence-corrected chi connectivity index (χ1v) is 7.10. The third-order valence-corrected chi connectivity index (χ3v) is 3.40. The van der Waals surface area contributed by atoms with Gasteiger partial charge in [-0.15, -0.1) is 0 Å². The fourth-order valence-electron chi connectivity index (χ4n) is 2.01. The Morgan fingerprint density at radius 2 is 2.10 bits per heavy atom. The van der Waals surface area contributed by atoms with Gasteiger partial charge in [-0.25, -0.2) is 0 Å². The molecule has 0 saturated carbocycles. The first-order chi connectivity index (χ1) is 10.1. The Hall–Kier alpha value is -1.34. The van der Waals surface area contributed by atoms with E-state index in [-0.39, 0.29) is 5.91 Å². The van der Waals surface area contributed by atoms with E-state index < -0.39 is 6.04 Å². The molecule has 0 spiro atoms. The molecule has 1 heterocycles. The molecule has 1 amide bonds. The summed E-state index contributed by atoms with van der Waals surface area (Å²) in [4.78, 5) is 11.5. The number of hydrogen-bond donors (Lipinski definition) is 2. The van der Waals surface area contributed by atoms with E-state index in [0.29, 0.717) is 48.5 Å². The molecule has 1 atom stereocenters. The molecule has 1 aromatic rings. The zero-order chi connectivity index (χ0) is 15.2. The predicted octanol–water partition coefficient (Wildman–Crippen LogP) is 1.72. The smallest absolute Gasteiger partial charge is 0.245 e. The highest BCUT2D eigenvalue weighted by Gasteiger charge is 2.28. The Morgan fingerprint density at radius 1 is 1.29 bits per heavy atom. The van der Waals surface area contributed by atoms with Gasteiger partial charge in [-0.3, -0.25) is 4.79 Å². The average Bonchev–Trinajstić information content (AvgIpc) is 2.73. The van der Waals surface area contributed by atoms with Gasteiger partial charge in [0.2, 0.25) is 5.91 Å². The summed E-state index contributed by atoms with van der Waals surface area (Å²) in [5.74, 6) is 0.269. The molecular formula is C14H19ClN2O4.